The lowest BCUT2D eigenvalue weighted by molar-refractivity contribution is -0.0555. The van der Waals surface area contributed by atoms with Crippen LogP contribution >= 0.6 is 11.8 Å². The Kier molecular flexibility index (Phi) is 3.58. The number of fused-ring (bicyclic) bond motifs is 1. The van der Waals surface area contributed by atoms with Crippen molar-refractivity contribution in [1.82, 2.24) is 9.74 Å². The lowest BCUT2D eigenvalue weighted by atomic mass is 10.2. The van der Waals surface area contributed by atoms with Gasteiger partial charge in [0.05, 0.1) is 12.0 Å². The van der Waals surface area contributed by atoms with Crippen LogP contribution in [0.25, 0.3) is 11.0 Å². The molecule has 17 heavy (non-hydrogen) atoms. The summed E-state index contributed by atoms with van der Waals surface area (Å²) in [6, 6.07) is 6.98. The van der Waals surface area contributed by atoms with Crippen LogP contribution in [0.1, 0.15) is 10.5 Å². The second-order valence-electron chi connectivity index (χ2n) is 3.20. The summed E-state index contributed by atoms with van der Waals surface area (Å²) in [6.45, 7) is 0.404. The molecule has 0 bridgehead atoms. The summed E-state index contributed by atoms with van der Waals surface area (Å²) in [5, 5.41) is 4.25. The molecule has 0 aliphatic rings. The maximum absolute atomic E-state index is 11.8. The van der Waals surface area contributed by atoms with Gasteiger partial charge in [-0.15, -0.1) is 4.58 Å². The minimum absolute atomic E-state index is 0.104. The van der Waals surface area contributed by atoms with Crippen molar-refractivity contribution in [2.45, 2.75) is 0 Å². The number of aromatic nitrogens is 1. The van der Waals surface area contributed by atoms with E-state index in [2.05, 4.69) is 5.16 Å². The number of benzene rings is 1. The lowest BCUT2D eigenvalue weighted by Crippen LogP contribution is -2.25. The van der Waals surface area contributed by atoms with Crippen LogP contribution in [0.15, 0.2) is 28.8 Å². The zero-order chi connectivity index (χ0) is 12.3. The molecular formula is C10H10ClN3O3. The minimum Gasteiger partial charge on any atom is -0.355 e. The smallest absolute Gasteiger partial charge is 0.315 e. The molecule has 2 rings (SSSR count). The minimum atomic E-state index is -0.593. The molecule has 0 unspecified atom stereocenters. The number of nitrogens with two attached hydrogens (primary N) is 1. The maximum Gasteiger partial charge on any atom is 0.315 e. The highest BCUT2D eigenvalue weighted by Gasteiger charge is 2.21. The SMILES string of the molecule is NCCON(Cl)C(=O)c1noc2ccccc12. The Morgan fingerprint density at radius 3 is 3.06 bits per heavy atom. The van der Waals surface area contributed by atoms with E-state index in [-0.39, 0.29) is 18.8 Å². The average Bonchev–Trinajstić information content (AvgIpc) is 2.78. The number of rotatable bonds is 4. The van der Waals surface area contributed by atoms with Gasteiger partial charge in [-0.25, -0.2) is 0 Å². The van der Waals surface area contributed by atoms with Crippen LogP contribution in [-0.2, 0) is 4.84 Å². The summed E-state index contributed by atoms with van der Waals surface area (Å²) in [4.78, 5) is 16.7. The first-order chi connectivity index (χ1) is 8.24. The average molecular weight is 256 g/mol. The van der Waals surface area contributed by atoms with E-state index in [1.807, 2.05) is 0 Å². The first-order valence-electron chi connectivity index (χ1n) is 4.91. The van der Waals surface area contributed by atoms with E-state index >= 15 is 0 Å². The monoisotopic (exact) mass is 255 g/mol. The fourth-order valence-electron chi connectivity index (χ4n) is 1.31. The van der Waals surface area contributed by atoms with Gasteiger partial charge in [0.2, 0.25) is 0 Å². The third-order valence-corrected chi connectivity index (χ3v) is 2.31. The van der Waals surface area contributed by atoms with E-state index in [1.54, 1.807) is 24.3 Å². The highest BCUT2D eigenvalue weighted by molar-refractivity contribution is 6.24. The fourth-order valence-corrected chi connectivity index (χ4v) is 1.46. The van der Waals surface area contributed by atoms with Gasteiger partial charge in [-0.1, -0.05) is 17.3 Å². The molecule has 90 valence electrons. The number of nitrogens with zero attached hydrogens (tertiary/aromatic N) is 2. The van der Waals surface area contributed by atoms with Gasteiger partial charge in [0.25, 0.3) is 0 Å². The van der Waals surface area contributed by atoms with Gasteiger partial charge in [0.1, 0.15) is 0 Å². The van der Waals surface area contributed by atoms with Gasteiger partial charge in [-0.2, -0.15) is 0 Å². The van der Waals surface area contributed by atoms with Crippen molar-refractivity contribution in [3.63, 3.8) is 0 Å². The molecule has 1 aromatic carbocycles. The van der Waals surface area contributed by atoms with Gasteiger partial charge in [0, 0.05) is 18.3 Å². The van der Waals surface area contributed by atoms with E-state index in [0.29, 0.717) is 15.6 Å². The number of halogens is 1. The Hall–Kier alpha value is -1.63. The first-order valence-corrected chi connectivity index (χ1v) is 5.25. The van der Waals surface area contributed by atoms with Crippen molar-refractivity contribution in [2.24, 2.45) is 5.73 Å². The largest absolute Gasteiger partial charge is 0.355 e. The Bertz CT molecular complexity index is 528. The number of amides is 1. The summed E-state index contributed by atoms with van der Waals surface area (Å²) >= 11 is 5.63. The molecule has 2 aromatic rings. The molecule has 2 N–H and O–H groups in total. The molecule has 0 saturated heterocycles. The molecule has 0 aliphatic carbocycles. The maximum atomic E-state index is 11.8. The third-order valence-electron chi connectivity index (χ3n) is 2.06. The van der Waals surface area contributed by atoms with E-state index in [1.165, 1.54) is 0 Å². The molecule has 0 radical (unpaired) electrons. The van der Waals surface area contributed by atoms with Crippen LogP contribution < -0.4 is 5.73 Å². The molecule has 7 heteroatoms. The van der Waals surface area contributed by atoms with Gasteiger partial charge in [-0.3, -0.25) is 9.63 Å². The molecule has 0 aliphatic heterocycles. The summed E-state index contributed by atoms with van der Waals surface area (Å²) < 4.78 is 5.57. The molecule has 0 spiro atoms. The van der Waals surface area contributed by atoms with Crippen LogP contribution in [0, 0.1) is 0 Å². The van der Waals surface area contributed by atoms with Gasteiger partial charge in [0.15, 0.2) is 11.3 Å². The zero-order valence-corrected chi connectivity index (χ0v) is 9.55. The predicted molar refractivity (Wildman–Crippen MR) is 61.0 cm³/mol. The first kappa shape index (κ1) is 11.8. The van der Waals surface area contributed by atoms with Crippen molar-refractivity contribution in [3.05, 3.63) is 30.0 Å². The summed E-state index contributed by atoms with van der Waals surface area (Å²) in [5.74, 6) is -0.593. The Morgan fingerprint density at radius 2 is 2.29 bits per heavy atom. The predicted octanol–water partition coefficient (Wildman–Crippen LogP) is 1.31. The van der Waals surface area contributed by atoms with Gasteiger partial charge < -0.3 is 10.3 Å². The molecule has 1 heterocycles. The lowest BCUT2D eigenvalue weighted by Gasteiger charge is -2.10. The van der Waals surface area contributed by atoms with E-state index in [9.17, 15) is 4.79 Å². The van der Waals surface area contributed by atoms with Crippen molar-refractivity contribution >= 4 is 28.7 Å². The molecule has 6 nitrogen and oxygen atoms in total. The summed E-state index contributed by atoms with van der Waals surface area (Å²) in [6.07, 6.45) is 0. The number of para-hydroxylation sites is 1. The van der Waals surface area contributed by atoms with Crippen LogP contribution in [0.2, 0.25) is 0 Å². The Labute approximate surface area is 102 Å². The number of carbonyl (C=O) groups excluding carboxylic acids is 1. The fraction of sp³-hybridized carbons (Fsp3) is 0.200. The van der Waals surface area contributed by atoms with E-state index in [0.717, 1.165) is 0 Å². The summed E-state index contributed by atoms with van der Waals surface area (Å²) in [7, 11) is 0. The Morgan fingerprint density at radius 1 is 1.53 bits per heavy atom. The zero-order valence-electron chi connectivity index (χ0n) is 8.80. The molecule has 0 fully saturated rings. The molecule has 1 amide bonds. The number of carbonyl (C=O) groups is 1. The normalized spacial score (nSPS) is 10.7. The highest BCUT2D eigenvalue weighted by atomic mass is 35.5. The highest BCUT2D eigenvalue weighted by Crippen LogP contribution is 2.19. The van der Waals surface area contributed by atoms with Gasteiger partial charge in [-0.05, 0) is 12.1 Å². The van der Waals surface area contributed by atoms with Gasteiger partial charge >= 0.3 is 5.91 Å². The van der Waals surface area contributed by atoms with Crippen LogP contribution in [0.5, 0.6) is 0 Å². The number of hydroxylamine groups is 1. The van der Waals surface area contributed by atoms with E-state index < -0.39 is 5.91 Å². The molecule has 0 atom stereocenters. The van der Waals surface area contributed by atoms with Crippen molar-refractivity contribution < 1.29 is 14.2 Å². The second kappa shape index (κ2) is 5.13. The molecule has 1 aromatic heterocycles. The number of hydrogen-bond acceptors (Lipinski definition) is 5. The quantitative estimate of drug-likeness (QED) is 0.658. The summed E-state index contributed by atoms with van der Waals surface area (Å²) in [5.41, 5.74) is 5.85. The number of hydrogen-bond donors (Lipinski definition) is 1. The standard InChI is InChI=1S/C10H10ClN3O3/c11-14(16-6-5-12)10(15)9-7-3-1-2-4-8(7)17-13-9/h1-4H,5-6,12H2. The topological polar surface area (TPSA) is 81.6 Å². The molecule has 0 saturated carbocycles. The third kappa shape index (κ3) is 2.38. The van der Waals surface area contributed by atoms with Crippen LogP contribution in [-0.4, -0.2) is 28.8 Å². The molecular weight excluding hydrogens is 246 g/mol. The van der Waals surface area contributed by atoms with Crippen molar-refractivity contribution in [3.8, 4) is 0 Å². The van der Waals surface area contributed by atoms with Crippen molar-refractivity contribution in [2.75, 3.05) is 13.2 Å². The van der Waals surface area contributed by atoms with Crippen LogP contribution in [0.4, 0.5) is 0 Å². The second-order valence-corrected chi connectivity index (χ2v) is 3.51. The van der Waals surface area contributed by atoms with E-state index in [4.69, 9.17) is 26.9 Å². The Balaban J connectivity index is 2.24. The van der Waals surface area contributed by atoms with Crippen LogP contribution in [0.3, 0.4) is 0 Å². The van der Waals surface area contributed by atoms with Crippen molar-refractivity contribution in [1.29, 1.82) is 0 Å².